The Morgan fingerprint density at radius 2 is 2.45 bits per heavy atom. The molecular formula is C13H20N8O. The Balaban J connectivity index is 1.50. The van der Waals surface area contributed by atoms with Gasteiger partial charge in [-0.3, -0.25) is 14.6 Å². The van der Waals surface area contributed by atoms with Crippen LogP contribution in [0.5, 0.6) is 0 Å². The molecule has 0 bridgehead atoms. The van der Waals surface area contributed by atoms with E-state index in [9.17, 15) is 4.79 Å². The molecule has 1 aliphatic heterocycles. The Morgan fingerprint density at radius 3 is 3.18 bits per heavy atom. The first-order chi connectivity index (χ1) is 10.7. The number of amides is 1. The SMILES string of the molecule is Nc1n[nH]c(CNC(=O)Cn2ccc([C@@H]3CCCNC3)n2)n1. The van der Waals surface area contributed by atoms with E-state index in [1.807, 2.05) is 12.3 Å². The molecule has 0 aromatic carbocycles. The molecule has 0 saturated carbocycles. The summed E-state index contributed by atoms with van der Waals surface area (Å²) in [4.78, 5) is 15.8. The zero-order valence-corrected chi connectivity index (χ0v) is 12.2. The lowest BCUT2D eigenvalue weighted by molar-refractivity contribution is -0.122. The van der Waals surface area contributed by atoms with Gasteiger partial charge in [-0.1, -0.05) is 0 Å². The van der Waals surface area contributed by atoms with Crippen molar-refractivity contribution in [2.75, 3.05) is 18.8 Å². The molecule has 1 amide bonds. The summed E-state index contributed by atoms with van der Waals surface area (Å²) < 4.78 is 1.66. The Labute approximate surface area is 127 Å². The zero-order valence-electron chi connectivity index (χ0n) is 12.2. The smallest absolute Gasteiger partial charge is 0.242 e. The number of carbonyl (C=O) groups excluding carboxylic acids is 1. The monoisotopic (exact) mass is 304 g/mol. The highest BCUT2D eigenvalue weighted by Crippen LogP contribution is 2.21. The number of rotatable bonds is 5. The fraction of sp³-hybridized carbons (Fsp3) is 0.538. The third-order valence-corrected chi connectivity index (χ3v) is 3.68. The van der Waals surface area contributed by atoms with Crippen LogP contribution in [0.3, 0.4) is 0 Å². The highest BCUT2D eigenvalue weighted by Gasteiger charge is 2.17. The number of aromatic amines is 1. The minimum Gasteiger partial charge on any atom is -0.367 e. The normalized spacial score (nSPS) is 18.3. The van der Waals surface area contributed by atoms with Gasteiger partial charge in [-0.25, -0.2) is 0 Å². The highest BCUT2D eigenvalue weighted by molar-refractivity contribution is 5.75. The van der Waals surface area contributed by atoms with Gasteiger partial charge in [0.05, 0.1) is 12.2 Å². The summed E-state index contributed by atoms with van der Waals surface area (Å²) in [5.41, 5.74) is 6.44. The van der Waals surface area contributed by atoms with Gasteiger partial charge in [-0.15, -0.1) is 5.10 Å². The number of nitrogens with zero attached hydrogens (tertiary/aromatic N) is 4. The largest absolute Gasteiger partial charge is 0.367 e. The van der Waals surface area contributed by atoms with Crippen molar-refractivity contribution < 1.29 is 4.79 Å². The number of aromatic nitrogens is 5. The minimum absolute atomic E-state index is 0.133. The molecule has 1 fully saturated rings. The van der Waals surface area contributed by atoms with Crippen LogP contribution in [0.4, 0.5) is 5.95 Å². The van der Waals surface area contributed by atoms with Gasteiger partial charge in [0.25, 0.3) is 0 Å². The van der Waals surface area contributed by atoms with Crippen LogP contribution in [0.1, 0.15) is 30.3 Å². The number of anilines is 1. The van der Waals surface area contributed by atoms with Crippen molar-refractivity contribution in [3.63, 3.8) is 0 Å². The van der Waals surface area contributed by atoms with Gasteiger partial charge in [0, 0.05) is 18.7 Å². The number of hydrogen-bond donors (Lipinski definition) is 4. The lowest BCUT2D eigenvalue weighted by Gasteiger charge is -2.20. The number of nitrogens with two attached hydrogens (primary N) is 1. The van der Waals surface area contributed by atoms with Crippen molar-refractivity contribution in [2.24, 2.45) is 0 Å². The van der Waals surface area contributed by atoms with Crippen molar-refractivity contribution in [3.8, 4) is 0 Å². The van der Waals surface area contributed by atoms with Crippen LogP contribution >= 0.6 is 0 Å². The van der Waals surface area contributed by atoms with Gasteiger partial charge < -0.3 is 16.4 Å². The maximum Gasteiger partial charge on any atom is 0.242 e. The third-order valence-electron chi connectivity index (χ3n) is 3.68. The third kappa shape index (κ3) is 3.61. The Hall–Kier alpha value is -2.42. The van der Waals surface area contributed by atoms with E-state index in [1.54, 1.807) is 4.68 Å². The average molecular weight is 304 g/mol. The van der Waals surface area contributed by atoms with Crippen LogP contribution in [0, 0.1) is 0 Å². The molecule has 3 heterocycles. The van der Waals surface area contributed by atoms with Crippen molar-refractivity contribution in [3.05, 3.63) is 23.8 Å². The molecule has 1 saturated heterocycles. The summed E-state index contributed by atoms with van der Waals surface area (Å²) in [6.45, 7) is 2.48. The molecule has 9 heteroatoms. The molecule has 2 aromatic heterocycles. The van der Waals surface area contributed by atoms with E-state index in [-0.39, 0.29) is 24.9 Å². The summed E-state index contributed by atoms with van der Waals surface area (Å²) in [6.07, 6.45) is 4.15. The minimum atomic E-state index is -0.133. The molecule has 9 nitrogen and oxygen atoms in total. The molecule has 22 heavy (non-hydrogen) atoms. The molecule has 5 N–H and O–H groups in total. The molecule has 0 unspecified atom stereocenters. The number of H-pyrrole nitrogens is 1. The quantitative estimate of drug-likeness (QED) is 0.582. The van der Waals surface area contributed by atoms with E-state index < -0.39 is 0 Å². The standard InChI is InChI=1S/C13H20N8O/c14-13-17-11(18-19-13)7-16-12(22)8-21-5-3-10(20-21)9-2-1-4-15-6-9/h3,5,9,15H,1-2,4,6-8H2,(H,16,22)(H3,14,17,18,19)/t9-/m1/s1. The van der Waals surface area contributed by atoms with E-state index in [1.165, 1.54) is 6.42 Å². The molecule has 0 radical (unpaired) electrons. The Morgan fingerprint density at radius 1 is 1.55 bits per heavy atom. The van der Waals surface area contributed by atoms with Gasteiger partial charge in [0.15, 0.2) is 0 Å². The van der Waals surface area contributed by atoms with Crippen LogP contribution in [0.15, 0.2) is 12.3 Å². The second-order valence-electron chi connectivity index (χ2n) is 5.40. The zero-order chi connectivity index (χ0) is 15.4. The molecule has 1 atom stereocenters. The summed E-state index contributed by atoms with van der Waals surface area (Å²) in [5.74, 6) is 1.00. The number of nitrogen functional groups attached to an aromatic ring is 1. The lowest BCUT2D eigenvalue weighted by atomic mass is 9.97. The van der Waals surface area contributed by atoms with Crippen LogP contribution in [0.2, 0.25) is 0 Å². The number of hydrogen-bond acceptors (Lipinski definition) is 6. The molecule has 1 aliphatic rings. The fourth-order valence-corrected chi connectivity index (χ4v) is 2.56. The highest BCUT2D eigenvalue weighted by atomic mass is 16.2. The van der Waals surface area contributed by atoms with Crippen molar-refractivity contribution in [1.82, 2.24) is 35.6 Å². The van der Waals surface area contributed by atoms with Crippen LogP contribution < -0.4 is 16.4 Å². The summed E-state index contributed by atoms with van der Waals surface area (Å²) in [6, 6.07) is 1.99. The lowest BCUT2D eigenvalue weighted by Crippen LogP contribution is -2.29. The van der Waals surface area contributed by atoms with Crippen molar-refractivity contribution in [2.45, 2.75) is 31.8 Å². The van der Waals surface area contributed by atoms with E-state index in [0.717, 1.165) is 25.2 Å². The number of piperidine rings is 1. The summed E-state index contributed by atoms with van der Waals surface area (Å²) >= 11 is 0. The molecule has 0 aliphatic carbocycles. The van der Waals surface area contributed by atoms with Gasteiger partial charge in [-0.2, -0.15) is 10.1 Å². The topological polar surface area (TPSA) is 127 Å². The first-order valence-electron chi connectivity index (χ1n) is 7.38. The summed E-state index contributed by atoms with van der Waals surface area (Å²) in [5, 5.41) is 17.0. The van der Waals surface area contributed by atoms with Crippen LogP contribution in [-0.4, -0.2) is 44.0 Å². The molecule has 118 valence electrons. The molecule has 3 rings (SSSR count). The first kappa shape index (κ1) is 14.5. The fourth-order valence-electron chi connectivity index (χ4n) is 2.56. The average Bonchev–Trinajstić information content (AvgIpc) is 3.15. The van der Waals surface area contributed by atoms with Gasteiger partial charge >= 0.3 is 0 Å². The maximum absolute atomic E-state index is 11.9. The molecular weight excluding hydrogens is 284 g/mol. The van der Waals surface area contributed by atoms with E-state index in [4.69, 9.17) is 5.73 Å². The summed E-state index contributed by atoms with van der Waals surface area (Å²) in [7, 11) is 0. The van der Waals surface area contributed by atoms with Gasteiger partial charge in [0.1, 0.15) is 12.4 Å². The van der Waals surface area contributed by atoms with E-state index in [0.29, 0.717) is 11.7 Å². The van der Waals surface area contributed by atoms with E-state index in [2.05, 4.69) is 30.9 Å². The Kier molecular flexibility index (Phi) is 4.33. The van der Waals surface area contributed by atoms with Crippen LogP contribution in [-0.2, 0) is 17.9 Å². The van der Waals surface area contributed by atoms with Gasteiger partial charge in [-0.05, 0) is 25.5 Å². The molecule has 2 aromatic rings. The van der Waals surface area contributed by atoms with Crippen molar-refractivity contribution >= 4 is 11.9 Å². The van der Waals surface area contributed by atoms with Crippen molar-refractivity contribution in [1.29, 1.82) is 0 Å². The predicted octanol–water partition coefficient (Wildman–Crippen LogP) is -0.633. The maximum atomic E-state index is 11.9. The number of nitrogens with one attached hydrogen (secondary N) is 3. The van der Waals surface area contributed by atoms with Gasteiger partial charge in [0.2, 0.25) is 11.9 Å². The second kappa shape index (κ2) is 6.56. The predicted molar refractivity (Wildman–Crippen MR) is 79.7 cm³/mol. The molecule has 0 spiro atoms. The first-order valence-corrected chi connectivity index (χ1v) is 7.38. The van der Waals surface area contributed by atoms with E-state index >= 15 is 0 Å². The number of carbonyl (C=O) groups is 1. The Bertz CT molecular complexity index is 628. The van der Waals surface area contributed by atoms with Crippen LogP contribution in [0.25, 0.3) is 0 Å². The second-order valence-corrected chi connectivity index (χ2v) is 5.40.